The second-order valence-corrected chi connectivity index (χ2v) is 2.96. The Kier molecular flexibility index (Phi) is 11.7. The first-order valence-corrected chi connectivity index (χ1v) is 5.18. The molecule has 0 saturated carbocycles. The molecule has 80 valence electrons. The Morgan fingerprint density at radius 2 is 1.15 bits per heavy atom. The summed E-state index contributed by atoms with van der Waals surface area (Å²) in [7, 11) is 1.97. The lowest BCUT2D eigenvalue weighted by atomic mass is 10.5. The van der Waals surface area contributed by atoms with Crippen LogP contribution in [-0.2, 0) is 0 Å². The number of likely N-dealkylation sites (N-methyl/N-ethyl adjacent to an activating group) is 2. The van der Waals surface area contributed by atoms with Gasteiger partial charge < -0.3 is 21.3 Å². The Labute approximate surface area is 81.9 Å². The van der Waals surface area contributed by atoms with Gasteiger partial charge in [0.05, 0.1) is 0 Å². The summed E-state index contributed by atoms with van der Waals surface area (Å²) >= 11 is 0. The summed E-state index contributed by atoms with van der Waals surface area (Å²) < 4.78 is 0. The Morgan fingerprint density at radius 1 is 0.692 bits per heavy atom. The van der Waals surface area contributed by atoms with Gasteiger partial charge in [-0.25, -0.2) is 0 Å². The average molecular weight is 188 g/mol. The van der Waals surface area contributed by atoms with E-state index in [1.54, 1.807) is 0 Å². The average Bonchev–Trinajstić information content (AvgIpc) is 2.16. The molecule has 0 rings (SSSR count). The minimum Gasteiger partial charge on any atom is -0.318 e. The third-order valence-corrected chi connectivity index (χ3v) is 1.76. The first-order chi connectivity index (χ1) is 6.41. The second kappa shape index (κ2) is 11.8. The van der Waals surface area contributed by atoms with E-state index in [2.05, 4.69) is 28.2 Å². The minimum atomic E-state index is 1.04. The maximum atomic E-state index is 3.35. The van der Waals surface area contributed by atoms with Gasteiger partial charge in [0.2, 0.25) is 0 Å². The molecule has 0 bridgehead atoms. The molecular weight excluding hydrogens is 164 g/mol. The van der Waals surface area contributed by atoms with E-state index in [4.69, 9.17) is 0 Å². The van der Waals surface area contributed by atoms with E-state index >= 15 is 0 Å². The largest absolute Gasteiger partial charge is 0.318 e. The lowest BCUT2D eigenvalue weighted by Gasteiger charge is -2.06. The van der Waals surface area contributed by atoms with E-state index in [1.165, 1.54) is 0 Å². The van der Waals surface area contributed by atoms with Crippen molar-refractivity contribution in [2.24, 2.45) is 0 Å². The van der Waals surface area contributed by atoms with Crippen molar-refractivity contribution < 1.29 is 0 Å². The first-order valence-electron chi connectivity index (χ1n) is 5.18. The monoisotopic (exact) mass is 188 g/mol. The van der Waals surface area contributed by atoms with E-state index in [0.29, 0.717) is 0 Å². The van der Waals surface area contributed by atoms with Crippen LogP contribution >= 0.6 is 0 Å². The van der Waals surface area contributed by atoms with E-state index in [1.807, 2.05) is 7.05 Å². The summed E-state index contributed by atoms with van der Waals surface area (Å²) in [5, 5.41) is 13.0. The Morgan fingerprint density at radius 3 is 1.62 bits per heavy atom. The molecule has 0 unspecified atom stereocenters. The summed E-state index contributed by atoms with van der Waals surface area (Å²) in [5.41, 5.74) is 0. The van der Waals surface area contributed by atoms with E-state index in [0.717, 1.165) is 45.8 Å². The van der Waals surface area contributed by atoms with Crippen molar-refractivity contribution in [3.63, 3.8) is 0 Å². The molecule has 13 heavy (non-hydrogen) atoms. The highest BCUT2D eigenvalue weighted by atomic mass is 15.0. The van der Waals surface area contributed by atoms with Crippen LogP contribution in [0.2, 0.25) is 0 Å². The Balaban J connectivity index is 2.76. The molecule has 4 nitrogen and oxygen atoms in total. The van der Waals surface area contributed by atoms with Crippen LogP contribution in [0.3, 0.4) is 0 Å². The highest BCUT2D eigenvalue weighted by molar-refractivity contribution is 4.54. The van der Waals surface area contributed by atoms with Crippen molar-refractivity contribution in [1.82, 2.24) is 21.3 Å². The fourth-order valence-corrected chi connectivity index (χ4v) is 0.994. The predicted octanol–water partition coefficient (Wildman–Crippen LogP) is -1.01. The normalized spacial score (nSPS) is 10.6. The molecule has 0 spiro atoms. The van der Waals surface area contributed by atoms with Gasteiger partial charge in [0.1, 0.15) is 0 Å². The molecule has 0 radical (unpaired) electrons. The van der Waals surface area contributed by atoms with Crippen LogP contribution in [0.1, 0.15) is 6.92 Å². The first kappa shape index (κ1) is 12.8. The fourth-order valence-electron chi connectivity index (χ4n) is 0.994. The molecule has 0 aliphatic carbocycles. The lowest BCUT2D eigenvalue weighted by Crippen LogP contribution is -2.34. The van der Waals surface area contributed by atoms with Crippen molar-refractivity contribution in [2.75, 3.05) is 52.9 Å². The zero-order valence-corrected chi connectivity index (χ0v) is 8.95. The van der Waals surface area contributed by atoms with Gasteiger partial charge in [-0.3, -0.25) is 0 Å². The third kappa shape index (κ3) is 11.8. The van der Waals surface area contributed by atoms with Gasteiger partial charge in [-0.1, -0.05) is 6.92 Å². The zero-order valence-electron chi connectivity index (χ0n) is 8.95. The zero-order chi connectivity index (χ0) is 9.78. The molecule has 0 aromatic rings. The standard InChI is InChI=1S/C9H24N4/c1-3-11-6-7-13-9-8-12-5-4-10-2/h10-13H,3-9H2,1-2H3. The highest BCUT2D eigenvalue weighted by Gasteiger charge is 1.86. The Hall–Kier alpha value is -0.160. The summed E-state index contributed by atoms with van der Waals surface area (Å²) in [6.07, 6.45) is 0. The van der Waals surface area contributed by atoms with E-state index in [-0.39, 0.29) is 0 Å². The lowest BCUT2D eigenvalue weighted by molar-refractivity contribution is 0.581. The molecule has 0 aromatic heterocycles. The highest BCUT2D eigenvalue weighted by Crippen LogP contribution is 1.61. The molecule has 4 heteroatoms. The number of hydrogen-bond acceptors (Lipinski definition) is 4. The molecule has 0 aliphatic rings. The van der Waals surface area contributed by atoms with Gasteiger partial charge in [0.15, 0.2) is 0 Å². The van der Waals surface area contributed by atoms with Gasteiger partial charge in [-0.2, -0.15) is 0 Å². The molecular formula is C9H24N4. The van der Waals surface area contributed by atoms with Crippen molar-refractivity contribution in [3.8, 4) is 0 Å². The molecule has 4 N–H and O–H groups in total. The molecule has 0 aromatic carbocycles. The van der Waals surface area contributed by atoms with Crippen LogP contribution < -0.4 is 21.3 Å². The van der Waals surface area contributed by atoms with Crippen LogP contribution in [0.15, 0.2) is 0 Å². The summed E-state index contributed by atoms with van der Waals surface area (Å²) in [6, 6.07) is 0. The van der Waals surface area contributed by atoms with Gasteiger partial charge in [0.25, 0.3) is 0 Å². The van der Waals surface area contributed by atoms with Gasteiger partial charge in [0, 0.05) is 39.3 Å². The SMILES string of the molecule is CCNCCNCCNCCNC. The van der Waals surface area contributed by atoms with Crippen molar-refractivity contribution in [2.45, 2.75) is 6.92 Å². The van der Waals surface area contributed by atoms with Crippen LogP contribution in [0, 0.1) is 0 Å². The molecule has 0 amide bonds. The molecule has 0 aliphatic heterocycles. The van der Waals surface area contributed by atoms with Crippen LogP contribution in [0.4, 0.5) is 0 Å². The minimum absolute atomic E-state index is 1.04. The number of nitrogens with one attached hydrogen (secondary N) is 4. The quantitative estimate of drug-likeness (QED) is 0.332. The maximum Gasteiger partial charge on any atom is 0.00772 e. The maximum absolute atomic E-state index is 3.35. The van der Waals surface area contributed by atoms with Crippen LogP contribution in [0.5, 0.6) is 0 Å². The van der Waals surface area contributed by atoms with Crippen molar-refractivity contribution in [3.05, 3.63) is 0 Å². The van der Waals surface area contributed by atoms with E-state index in [9.17, 15) is 0 Å². The predicted molar refractivity (Wildman–Crippen MR) is 58.2 cm³/mol. The van der Waals surface area contributed by atoms with Gasteiger partial charge in [-0.05, 0) is 13.6 Å². The molecule has 0 saturated heterocycles. The van der Waals surface area contributed by atoms with Crippen LogP contribution in [-0.4, -0.2) is 52.9 Å². The third-order valence-electron chi connectivity index (χ3n) is 1.76. The molecule has 0 heterocycles. The van der Waals surface area contributed by atoms with Gasteiger partial charge >= 0.3 is 0 Å². The Bertz CT molecular complexity index is 77.7. The number of rotatable bonds is 10. The molecule has 0 fully saturated rings. The fraction of sp³-hybridized carbons (Fsp3) is 1.00. The number of hydrogen-bond donors (Lipinski definition) is 4. The van der Waals surface area contributed by atoms with Gasteiger partial charge in [-0.15, -0.1) is 0 Å². The van der Waals surface area contributed by atoms with E-state index < -0.39 is 0 Å². The second-order valence-electron chi connectivity index (χ2n) is 2.96. The summed E-state index contributed by atoms with van der Waals surface area (Å²) in [4.78, 5) is 0. The summed E-state index contributed by atoms with van der Waals surface area (Å²) in [6.45, 7) is 9.49. The molecule has 0 atom stereocenters. The smallest absolute Gasteiger partial charge is 0.00772 e. The van der Waals surface area contributed by atoms with Crippen molar-refractivity contribution >= 4 is 0 Å². The van der Waals surface area contributed by atoms with Crippen molar-refractivity contribution in [1.29, 1.82) is 0 Å². The summed E-state index contributed by atoms with van der Waals surface area (Å²) in [5.74, 6) is 0. The van der Waals surface area contributed by atoms with Crippen LogP contribution in [0.25, 0.3) is 0 Å². The topological polar surface area (TPSA) is 48.1 Å².